The van der Waals surface area contributed by atoms with E-state index in [4.69, 9.17) is 4.74 Å². The first-order valence-corrected chi connectivity index (χ1v) is 6.14. The van der Waals surface area contributed by atoms with Gasteiger partial charge in [0.05, 0.1) is 12.7 Å². The van der Waals surface area contributed by atoms with Crippen LogP contribution < -0.4 is 4.74 Å². The van der Waals surface area contributed by atoms with Gasteiger partial charge >= 0.3 is 0 Å². The van der Waals surface area contributed by atoms with Gasteiger partial charge in [-0.25, -0.2) is 4.98 Å². The zero-order valence-electron chi connectivity index (χ0n) is 8.45. The van der Waals surface area contributed by atoms with Gasteiger partial charge in [-0.3, -0.25) is 0 Å². The van der Waals surface area contributed by atoms with Crippen LogP contribution in [-0.4, -0.2) is 12.1 Å². The van der Waals surface area contributed by atoms with Crippen molar-refractivity contribution in [2.45, 2.75) is 6.92 Å². The van der Waals surface area contributed by atoms with Crippen LogP contribution in [0, 0.1) is 6.92 Å². The highest BCUT2D eigenvalue weighted by Crippen LogP contribution is 2.34. The molecule has 1 aromatic carbocycles. The maximum absolute atomic E-state index is 5.31. The van der Waals surface area contributed by atoms with Crippen molar-refractivity contribution in [1.82, 2.24) is 4.98 Å². The maximum Gasteiger partial charge on any atom is 0.129 e. The quantitative estimate of drug-likeness (QED) is 0.834. The summed E-state index contributed by atoms with van der Waals surface area (Å²) in [5, 5.41) is 3.03. The SMILES string of the molecule is COc1ccc(Br)cc1-c1nc(C)cs1. The Morgan fingerprint density at radius 2 is 2.20 bits per heavy atom. The molecular formula is C11H10BrNOS. The van der Waals surface area contributed by atoms with E-state index in [0.29, 0.717) is 0 Å². The molecule has 0 fully saturated rings. The summed E-state index contributed by atoms with van der Waals surface area (Å²) in [5.74, 6) is 0.854. The van der Waals surface area contributed by atoms with Gasteiger partial charge in [0.1, 0.15) is 10.8 Å². The van der Waals surface area contributed by atoms with E-state index < -0.39 is 0 Å². The number of aryl methyl sites for hydroxylation is 1. The van der Waals surface area contributed by atoms with Crippen LogP contribution >= 0.6 is 27.3 Å². The number of aromatic nitrogens is 1. The summed E-state index contributed by atoms with van der Waals surface area (Å²) in [4.78, 5) is 4.45. The fraction of sp³-hybridized carbons (Fsp3) is 0.182. The molecule has 0 N–H and O–H groups in total. The van der Waals surface area contributed by atoms with Crippen molar-refractivity contribution >= 4 is 27.3 Å². The molecule has 2 rings (SSSR count). The Labute approximate surface area is 101 Å². The van der Waals surface area contributed by atoms with Crippen LogP contribution in [0.2, 0.25) is 0 Å². The minimum atomic E-state index is 0.854. The number of thiazole rings is 1. The molecule has 0 atom stereocenters. The number of hydrogen-bond donors (Lipinski definition) is 0. The Morgan fingerprint density at radius 1 is 1.40 bits per heavy atom. The normalized spacial score (nSPS) is 10.3. The molecule has 0 radical (unpaired) electrons. The van der Waals surface area contributed by atoms with Crippen molar-refractivity contribution in [2.24, 2.45) is 0 Å². The van der Waals surface area contributed by atoms with Crippen molar-refractivity contribution < 1.29 is 4.74 Å². The molecule has 2 nitrogen and oxygen atoms in total. The highest BCUT2D eigenvalue weighted by atomic mass is 79.9. The summed E-state index contributed by atoms with van der Waals surface area (Å²) in [6, 6.07) is 5.93. The first kappa shape index (κ1) is 10.6. The van der Waals surface area contributed by atoms with Crippen LogP contribution in [0.4, 0.5) is 0 Å². The number of rotatable bonds is 2. The molecule has 0 saturated heterocycles. The van der Waals surface area contributed by atoms with E-state index in [1.54, 1.807) is 18.4 Å². The van der Waals surface area contributed by atoms with Crippen LogP contribution in [0.15, 0.2) is 28.1 Å². The van der Waals surface area contributed by atoms with Crippen molar-refractivity contribution in [2.75, 3.05) is 7.11 Å². The second kappa shape index (κ2) is 4.33. The summed E-state index contributed by atoms with van der Waals surface area (Å²) in [6.45, 7) is 1.99. The molecule has 0 spiro atoms. The molecule has 78 valence electrons. The van der Waals surface area contributed by atoms with E-state index in [-0.39, 0.29) is 0 Å². The third kappa shape index (κ3) is 2.21. The van der Waals surface area contributed by atoms with Crippen LogP contribution in [0.5, 0.6) is 5.75 Å². The predicted octanol–water partition coefficient (Wildman–Crippen LogP) is 3.89. The molecule has 0 aliphatic rings. The Balaban J connectivity index is 2.55. The number of benzene rings is 1. The fourth-order valence-electron chi connectivity index (χ4n) is 1.33. The van der Waals surface area contributed by atoms with Gasteiger partial charge in [0.2, 0.25) is 0 Å². The van der Waals surface area contributed by atoms with Gasteiger partial charge in [-0.15, -0.1) is 11.3 Å². The third-order valence-electron chi connectivity index (χ3n) is 2.01. The number of ether oxygens (including phenoxy) is 1. The molecular weight excluding hydrogens is 274 g/mol. The van der Waals surface area contributed by atoms with Gasteiger partial charge in [-0.2, -0.15) is 0 Å². The lowest BCUT2D eigenvalue weighted by Gasteiger charge is -2.05. The molecule has 2 aromatic rings. The Kier molecular flexibility index (Phi) is 3.07. The smallest absolute Gasteiger partial charge is 0.129 e. The van der Waals surface area contributed by atoms with Gasteiger partial charge in [-0.1, -0.05) is 15.9 Å². The van der Waals surface area contributed by atoms with E-state index in [1.807, 2.05) is 30.5 Å². The third-order valence-corrected chi connectivity index (χ3v) is 3.50. The molecule has 0 aliphatic carbocycles. The number of methoxy groups -OCH3 is 1. The fourth-order valence-corrected chi connectivity index (χ4v) is 2.50. The van der Waals surface area contributed by atoms with Crippen LogP contribution in [-0.2, 0) is 0 Å². The average Bonchev–Trinajstić information content (AvgIpc) is 2.65. The summed E-state index contributed by atoms with van der Waals surface area (Å²) < 4.78 is 6.34. The van der Waals surface area contributed by atoms with E-state index in [9.17, 15) is 0 Å². The van der Waals surface area contributed by atoms with Gasteiger partial charge in [0.25, 0.3) is 0 Å². The highest BCUT2D eigenvalue weighted by Gasteiger charge is 2.09. The van der Waals surface area contributed by atoms with E-state index in [2.05, 4.69) is 20.9 Å². The molecule has 0 bridgehead atoms. The van der Waals surface area contributed by atoms with Crippen LogP contribution in [0.25, 0.3) is 10.6 Å². The average molecular weight is 284 g/mol. The number of nitrogens with zero attached hydrogens (tertiary/aromatic N) is 1. The zero-order chi connectivity index (χ0) is 10.8. The van der Waals surface area contributed by atoms with E-state index in [1.165, 1.54) is 0 Å². The lowest BCUT2D eigenvalue weighted by Crippen LogP contribution is -1.87. The Bertz CT molecular complexity index is 481. The number of halogens is 1. The first-order valence-electron chi connectivity index (χ1n) is 4.47. The minimum Gasteiger partial charge on any atom is -0.496 e. The molecule has 0 unspecified atom stereocenters. The summed E-state index contributed by atoms with van der Waals surface area (Å²) in [7, 11) is 1.67. The standard InChI is InChI=1S/C11H10BrNOS/c1-7-6-15-11(13-7)9-5-8(12)3-4-10(9)14-2/h3-6H,1-2H3. The van der Waals surface area contributed by atoms with Gasteiger partial charge < -0.3 is 4.74 Å². The number of hydrogen-bond acceptors (Lipinski definition) is 3. The van der Waals surface area contributed by atoms with Crippen molar-refractivity contribution in [1.29, 1.82) is 0 Å². The van der Waals surface area contributed by atoms with Crippen molar-refractivity contribution in [3.8, 4) is 16.3 Å². The second-order valence-electron chi connectivity index (χ2n) is 3.14. The minimum absolute atomic E-state index is 0.854. The monoisotopic (exact) mass is 283 g/mol. The molecule has 15 heavy (non-hydrogen) atoms. The van der Waals surface area contributed by atoms with Crippen LogP contribution in [0.3, 0.4) is 0 Å². The van der Waals surface area contributed by atoms with E-state index in [0.717, 1.165) is 26.5 Å². The molecule has 0 aliphatic heterocycles. The predicted molar refractivity (Wildman–Crippen MR) is 66.5 cm³/mol. The van der Waals surface area contributed by atoms with Gasteiger partial charge in [-0.05, 0) is 25.1 Å². The molecule has 1 aromatic heterocycles. The Hall–Kier alpha value is -0.870. The van der Waals surface area contributed by atoms with Crippen molar-refractivity contribution in [3.63, 3.8) is 0 Å². The van der Waals surface area contributed by atoms with Gasteiger partial charge in [0, 0.05) is 15.5 Å². The molecule has 0 saturated carbocycles. The van der Waals surface area contributed by atoms with Gasteiger partial charge in [0.15, 0.2) is 0 Å². The highest BCUT2D eigenvalue weighted by molar-refractivity contribution is 9.10. The first-order chi connectivity index (χ1) is 7.20. The van der Waals surface area contributed by atoms with E-state index >= 15 is 0 Å². The lowest BCUT2D eigenvalue weighted by atomic mass is 10.2. The second-order valence-corrected chi connectivity index (χ2v) is 4.91. The largest absolute Gasteiger partial charge is 0.496 e. The Morgan fingerprint density at radius 3 is 2.80 bits per heavy atom. The lowest BCUT2D eigenvalue weighted by molar-refractivity contribution is 0.416. The molecule has 1 heterocycles. The van der Waals surface area contributed by atoms with Crippen molar-refractivity contribution in [3.05, 3.63) is 33.7 Å². The molecule has 0 amide bonds. The summed E-state index contributed by atoms with van der Waals surface area (Å²) >= 11 is 5.08. The summed E-state index contributed by atoms with van der Waals surface area (Å²) in [6.07, 6.45) is 0. The molecule has 4 heteroatoms. The maximum atomic E-state index is 5.31. The van der Waals surface area contributed by atoms with Crippen LogP contribution in [0.1, 0.15) is 5.69 Å². The zero-order valence-corrected chi connectivity index (χ0v) is 10.9. The summed E-state index contributed by atoms with van der Waals surface area (Å²) in [5.41, 5.74) is 2.07. The topological polar surface area (TPSA) is 22.1 Å².